The molecule has 30 heavy (non-hydrogen) atoms. The molecule has 2 aromatic carbocycles. The fraction of sp³-hybridized carbons (Fsp3) is 0.263. The maximum Gasteiger partial charge on any atom is 0.339 e. The van der Waals surface area contributed by atoms with Crippen LogP contribution in [0.15, 0.2) is 53.4 Å². The number of nitrogens with zero attached hydrogens (tertiary/aromatic N) is 1. The quantitative estimate of drug-likeness (QED) is 0.368. The molecule has 1 amide bonds. The summed E-state index contributed by atoms with van der Waals surface area (Å²) in [5, 5.41) is 13.3. The maximum absolute atomic E-state index is 12.3. The molecular weight excluding hydrogens is 414 g/mol. The Balaban J connectivity index is 2.01. The van der Waals surface area contributed by atoms with E-state index in [1.165, 1.54) is 49.4 Å². The van der Waals surface area contributed by atoms with E-state index >= 15 is 0 Å². The van der Waals surface area contributed by atoms with Crippen molar-refractivity contribution < 1.29 is 27.7 Å². The number of sulfonamides is 1. The highest BCUT2D eigenvalue weighted by molar-refractivity contribution is 7.89. The first kappa shape index (κ1) is 23.0. The van der Waals surface area contributed by atoms with Crippen LogP contribution in [-0.4, -0.2) is 37.4 Å². The summed E-state index contributed by atoms with van der Waals surface area (Å²) in [6.45, 7) is 4.74. The van der Waals surface area contributed by atoms with Crippen LogP contribution >= 0.6 is 0 Å². The van der Waals surface area contributed by atoms with E-state index in [9.17, 15) is 28.1 Å². The minimum atomic E-state index is -3.66. The lowest BCUT2D eigenvalue weighted by atomic mass is 10.2. The Morgan fingerprint density at radius 1 is 1.07 bits per heavy atom. The van der Waals surface area contributed by atoms with Crippen molar-refractivity contribution in [1.29, 1.82) is 0 Å². The normalized spacial score (nSPS) is 12.3. The SMILES string of the molecule is CC(C)NS(=O)(=O)c1ccc(NC(=O)C(C)OC(=O)c2cccc([N+](=O)[O-])c2)cc1. The van der Waals surface area contributed by atoms with Crippen LogP contribution in [0, 0.1) is 10.1 Å². The molecule has 2 N–H and O–H groups in total. The molecule has 2 rings (SSSR count). The van der Waals surface area contributed by atoms with Crippen molar-refractivity contribution in [2.75, 3.05) is 5.32 Å². The van der Waals surface area contributed by atoms with Crippen molar-refractivity contribution >= 4 is 33.3 Å². The first-order chi connectivity index (χ1) is 14.0. The van der Waals surface area contributed by atoms with E-state index < -0.39 is 32.9 Å². The Kier molecular flexibility index (Phi) is 7.24. The third kappa shape index (κ3) is 6.09. The number of ether oxygens (including phenoxy) is 1. The Bertz CT molecular complexity index is 1050. The van der Waals surface area contributed by atoms with Crippen LogP contribution in [0.25, 0.3) is 0 Å². The molecule has 0 bridgehead atoms. The summed E-state index contributed by atoms with van der Waals surface area (Å²) in [5.74, 6) is -1.53. The smallest absolute Gasteiger partial charge is 0.339 e. The van der Waals surface area contributed by atoms with Crippen LogP contribution in [0.4, 0.5) is 11.4 Å². The predicted octanol–water partition coefficient (Wildman–Crippen LogP) is 2.47. The topological polar surface area (TPSA) is 145 Å². The zero-order valence-electron chi connectivity index (χ0n) is 16.5. The molecule has 0 heterocycles. The minimum absolute atomic E-state index is 0.0411. The molecule has 0 aromatic heterocycles. The number of carbonyl (C=O) groups excluding carboxylic acids is 2. The monoisotopic (exact) mass is 435 g/mol. The zero-order chi connectivity index (χ0) is 22.5. The third-order valence-electron chi connectivity index (χ3n) is 3.77. The van der Waals surface area contributed by atoms with Crippen LogP contribution < -0.4 is 10.0 Å². The summed E-state index contributed by atoms with van der Waals surface area (Å²) in [5.41, 5.74) is -0.0265. The molecule has 0 aliphatic rings. The van der Waals surface area contributed by atoms with E-state index in [-0.39, 0.29) is 22.2 Å². The van der Waals surface area contributed by atoms with Crippen LogP contribution in [0.1, 0.15) is 31.1 Å². The van der Waals surface area contributed by atoms with Gasteiger partial charge in [0.15, 0.2) is 6.10 Å². The van der Waals surface area contributed by atoms with Gasteiger partial charge in [-0.15, -0.1) is 0 Å². The molecule has 11 heteroatoms. The average Bonchev–Trinajstić information content (AvgIpc) is 2.67. The van der Waals surface area contributed by atoms with E-state index in [0.717, 1.165) is 6.07 Å². The Morgan fingerprint density at radius 3 is 2.27 bits per heavy atom. The van der Waals surface area contributed by atoms with Crippen molar-refractivity contribution in [2.45, 2.75) is 37.8 Å². The lowest BCUT2D eigenvalue weighted by Crippen LogP contribution is -2.30. The number of esters is 1. The van der Waals surface area contributed by atoms with Gasteiger partial charge in [-0.3, -0.25) is 14.9 Å². The van der Waals surface area contributed by atoms with Crippen molar-refractivity contribution in [2.24, 2.45) is 0 Å². The van der Waals surface area contributed by atoms with Crippen LogP contribution in [0.5, 0.6) is 0 Å². The lowest BCUT2D eigenvalue weighted by molar-refractivity contribution is -0.384. The number of benzene rings is 2. The summed E-state index contributed by atoms with van der Waals surface area (Å²) in [6, 6.07) is 10.2. The molecule has 0 aliphatic heterocycles. The molecule has 1 atom stereocenters. The van der Waals surface area contributed by atoms with Gasteiger partial charge in [0, 0.05) is 23.9 Å². The summed E-state index contributed by atoms with van der Waals surface area (Å²) in [4.78, 5) is 34.6. The van der Waals surface area contributed by atoms with Gasteiger partial charge in [0.2, 0.25) is 10.0 Å². The van der Waals surface area contributed by atoms with E-state index in [4.69, 9.17) is 4.74 Å². The molecular formula is C19H21N3O7S. The van der Waals surface area contributed by atoms with Gasteiger partial charge in [0.25, 0.3) is 11.6 Å². The second-order valence-corrected chi connectivity index (χ2v) is 8.36. The number of non-ortho nitro benzene ring substituents is 1. The Hall–Kier alpha value is -3.31. The van der Waals surface area contributed by atoms with Crippen molar-refractivity contribution in [3.05, 3.63) is 64.2 Å². The van der Waals surface area contributed by atoms with E-state index in [1.54, 1.807) is 13.8 Å². The molecule has 1 unspecified atom stereocenters. The number of rotatable bonds is 8. The average molecular weight is 435 g/mol. The maximum atomic E-state index is 12.3. The number of anilines is 1. The summed E-state index contributed by atoms with van der Waals surface area (Å²) in [7, 11) is -3.66. The minimum Gasteiger partial charge on any atom is -0.449 e. The molecule has 2 aromatic rings. The van der Waals surface area contributed by atoms with Crippen LogP contribution in [0.3, 0.4) is 0 Å². The van der Waals surface area contributed by atoms with Gasteiger partial charge >= 0.3 is 5.97 Å². The van der Waals surface area contributed by atoms with Crippen molar-refractivity contribution in [3.8, 4) is 0 Å². The van der Waals surface area contributed by atoms with Gasteiger partial charge in [-0.2, -0.15) is 0 Å². The molecule has 0 saturated carbocycles. The number of hydrogen-bond acceptors (Lipinski definition) is 7. The number of nitro groups is 1. The highest BCUT2D eigenvalue weighted by atomic mass is 32.2. The van der Waals surface area contributed by atoms with Crippen LogP contribution in [-0.2, 0) is 19.6 Å². The fourth-order valence-electron chi connectivity index (χ4n) is 2.37. The second kappa shape index (κ2) is 9.46. The zero-order valence-corrected chi connectivity index (χ0v) is 17.3. The number of nitro benzene ring substituents is 1. The van der Waals surface area contributed by atoms with Crippen molar-refractivity contribution in [3.63, 3.8) is 0 Å². The van der Waals surface area contributed by atoms with E-state index in [1.807, 2.05) is 0 Å². The molecule has 0 saturated heterocycles. The summed E-state index contributed by atoms with van der Waals surface area (Å²) < 4.78 is 31.7. The van der Waals surface area contributed by atoms with Gasteiger partial charge in [-0.1, -0.05) is 6.07 Å². The van der Waals surface area contributed by atoms with E-state index in [0.29, 0.717) is 5.69 Å². The van der Waals surface area contributed by atoms with Gasteiger partial charge in [0.05, 0.1) is 15.4 Å². The molecule has 0 fully saturated rings. The molecule has 0 aliphatic carbocycles. The first-order valence-corrected chi connectivity index (χ1v) is 10.4. The van der Waals surface area contributed by atoms with Gasteiger partial charge in [0.1, 0.15) is 0 Å². The van der Waals surface area contributed by atoms with E-state index in [2.05, 4.69) is 10.0 Å². The number of carbonyl (C=O) groups is 2. The number of hydrogen-bond donors (Lipinski definition) is 2. The molecule has 0 radical (unpaired) electrons. The largest absolute Gasteiger partial charge is 0.449 e. The standard InChI is InChI=1S/C19H21N3O7S/c1-12(2)21-30(27,28)17-9-7-15(8-10-17)20-18(23)13(3)29-19(24)14-5-4-6-16(11-14)22(25)26/h4-13,21H,1-3H3,(H,20,23). The fourth-order valence-corrected chi connectivity index (χ4v) is 3.62. The van der Waals surface area contributed by atoms with Crippen molar-refractivity contribution in [1.82, 2.24) is 4.72 Å². The Morgan fingerprint density at radius 2 is 1.70 bits per heavy atom. The predicted molar refractivity (Wildman–Crippen MR) is 109 cm³/mol. The highest BCUT2D eigenvalue weighted by Crippen LogP contribution is 2.17. The van der Waals surface area contributed by atoms with Crippen LogP contribution in [0.2, 0.25) is 0 Å². The highest BCUT2D eigenvalue weighted by Gasteiger charge is 2.21. The third-order valence-corrected chi connectivity index (χ3v) is 5.44. The first-order valence-electron chi connectivity index (χ1n) is 8.88. The number of nitrogens with one attached hydrogen (secondary N) is 2. The lowest BCUT2D eigenvalue weighted by Gasteiger charge is -2.14. The van der Waals surface area contributed by atoms with Gasteiger partial charge in [-0.25, -0.2) is 17.9 Å². The molecule has 160 valence electrons. The molecule has 0 spiro atoms. The number of amides is 1. The summed E-state index contributed by atoms with van der Waals surface area (Å²) >= 11 is 0. The van der Waals surface area contributed by atoms with Gasteiger partial charge < -0.3 is 10.1 Å². The van der Waals surface area contributed by atoms with Gasteiger partial charge in [-0.05, 0) is 51.1 Å². The summed E-state index contributed by atoms with van der Waals surface area (Å²) in [6.07, 6.45) is -1.19. The Labute approximate surface area is 173 Å². The second-order valence-electron chi connectivity index (χ2n) is 6.64. The molecule has 10 nitrogen and oxygen atoms in total.